The molecule has 0 bridgehead atoms. The fourth-order valence-corrected chi connectivity index (χ4v) is 3.80. The van der Waals surface area contributed by atoms with E-state index in [0.29, 0.717) is 18.2 Å². The van der Waals surface area contributed by atoms with Crippen molar-refractivity contribution in [1.29, 1.82) is 0 Å². The summed E-state index contributed by atoms with van der Waals surface area (Å²) in [6.07, 6.45) is 1.16. The molecule has 0 aromatic carbocycles. The zero-order valence-electron chi connectivity index (χ0n) is 12.8. The highest BCUT2D eigenvalue weighted by molar-refractivity contribution is 8.00. The van der Waals surface area contributed by atoms with Crippen molar-refractivity contribution in [3.05, 3.63) is 0 Å². The summed E-state index contributed by atoms with van der Waals surface area (Å²) in [5.74, 6) is -0.170. The van der Waals surface area contributed by atoms with Crippen LogP contribution in [-0.4, -0.2) is 51.6 Å². The third-order valence-corrected chi connectivity index (χ3v) is 4.92. The molecule has 0 saturated carbocycles. The Labute approximate surface area is 125 Å². The van der Waals surface area contributed by atoms with Gasteiger partial charge >= 0.3 is 5.97 Å². The van der Waals surface area contributed by atoms with Crippen molar-refractivity contribution in [2.24, 2.45) is 5.92 Å². The number of thioether (sulfide) groups is 1. The molecule has 0 spiro atoms. The second kappa shape index (κ2) is 7.88. The molecule has 1 aliphatic rings. The zero-order valence-corrected chi connectivity index (χ0v) is 13.6. The van der Waals surface area contributed by atoms with Crippen molar-refractivity contribution in [3.8, 4) is 0 Å². The highest BCUT2D eigenvalue weighted by Crippen LogP contribution is 2.34. The van der Waals surface area contributed by atoms with Crippen LogP contribution in [0.3, 0.4) is 0 Å². The smallest absolute Gasteiger partial charge is 0.327 e. The minimum absolute atomic E-state index is 0.0124. The van der Waals surface area contributed by atoms with E-state index in [0.717, 1.165) is 13.0 Å². The summed E-state index contributed by atoms with van der Waals surface area (Å²) in [6.45, 7) is 8.97. The summed E-state index contributed by atoms with van der Waals surface area (Å²) in [6, 6.07) is -0.263. The van der Waals surface area contributed by atoms with E-state index in [4.69, 9.17) is 0 Å². The Bertz CT molecular complexity index is 347. The van der Waals surface area contributed by atoms with E-state index in [1.54, 1.807) is 16.7 Å². The molecule has 0 radical (unpaired) electrons. The molecule has 1 rings (SSSR count). The van der Waals surface area contributed by atoms with Crippen LogP contribution in [0.2, 0.25) is 0 Å². The average Bonchev–Trinajstić information content (AvgIpc) is 2.78. The number of nitrogens with one attached hydrogen (secondary N) is 1. The second-order valence-corrected chi connectivity index (χ2v) is 6.98. The van der Waals surface area contributed by atoms with E-state index in [9.17, 15) is 14.7 Å². The summed E-state index contributed by atoms with van der Waals surface area (Å²) < 4.78 is 0. The number of amides is 1. The van der Waals surface area contributed by atoms with Crippen molar-refractivity contribution in [3.63, 3.8) is 0 Å². The molecule has 0 aromatic heterocycles. The van der Waals surface area contributed by atoms with Crippen LogP contribution in [0.15, 0.2) is 0 Å². The summed E-state index contributed by atoms with van der Waals surface area (Å²) in [5, 5.41) is 12.5. The molecule has 2 N–H and O–H groups in total. The van der Waals surface area contributed by atoms with Crippen LogP contribution in [0, 0.1) is 5.92 Å². The normalized spacial score (nSPS) is 22.8. The number of carbonyl (C=O) groups is 2. The van der Waals surface area contributed by atoms with Crippen molar-refractivity contribution in [2.45, 2.75) is 58.0 Å². The monoisotopic (exact) mass is 302 g/mol. The average molecular weight is 302 g/mol. The maximum absolute atomic E-state index is 12.3. The summed E-state index contributed by atoms with van der Waals surface area (Å²) in [7, 11) is 0. The van der Waals surface area contributed by atoms with Gasteiger partial charge in [0.1, 0.15) is 6.04 Å². The largest absolute Gasteiger partial charge is 0.480 e. The van der Waals surface area contributed by atoms with Crippen LogP contribution in [0.1, 0.15) is 40.5 Å². The van der Waals surface area contributed by atoms with E-state index in [2.05, 4.69) is 19.2 Å². The van der Waals surface area contributed by atoms with Gasteiger partial charge in [-0.05, 0) is 18.9 Å². The minimum Gasteiger partial charge on any atom is -0.480 e. The third kappa shape index (κ3) is 4.66. The number of hydrogen-bond donors (Lipinski definition) is 2. The quantitative estimate of drug-likeness (QED) is 0.702. The van der Waals surface area contributed by atoms with E-state index in [1.165, 1.54) is 0 Å². The number of aliphatic carboxylic acids is 1. The lowest BCUT2D eigenvalue weighted by Crippen LogP contribution is -2.47. The molecule has 5 nitrogen and oxygen atoms in total. The maximum atomic E-state index is 12.3. The van der Waals surface area contributed by atoms with E-state index < -0.39 is 12.0 Å². The predicted octanol–water partition coefficient (Wildman–Crippen LogP) is 1.78. The molecule has 1 fully saturated rings. The SMILES string of the molecule is CC(C)NCCCC(=O)N1C(C(=O)O)CSC1C(C)C. The molecule has 6 heteroatoms. The van der Waals surface area contributed by atoms with Crippen LogP contribution in [-0.2, 0) is 9.59 Å². The highest BCUT2D eigenvalue weighted by atomic mass is 32.2. The molecular formula is C14H26N2O3S. The summed E-state index contributed by atoms with van der Waals surface area (Å²) in [4.78, 5) is 25.2. The van der Waals surface area contributed by atoms with Crippen LogP contribution in [0.5, 0.6) is 0 Å². The van der Waals surface area contributed by atoms with Crippen LogP contribution >= 0.6 is 11.8 Å². The summed E-state index contributed by atoms with van der Waals surface area (Å²) in [5.41, 5.74) is 0. The van der Waals surface area contributed by atoms with Gasteiger partial charge in [-0.2, -0.15) is 0 Å². The number of rotatable bonds is 7. The summed E-state index contributed by atoms with van der Waals surface area (Å²) >= 11 is 1.58. The molecule has 1 aliphatic heterocycles. The van der Waals surface area contributed by atoms with Crippen molar-refractivity contribution < 1.29 is 14.7 Å². The Morgan fingerprint density at radius 2 is 2.00 bits per heavy atom. The molecule has 2 unspecified atom stereocenters. The zero-order chi connectivity index (χ0) is 15.3. The fourth-order valence-electron chi connectivity index (χ4n) is 2.31. The molecule has 1 saturated heterocycles. The first-order chi connectivity index (χ1) is 9.34. The Hall–Kier alpha value is -0.750. The van der Waals surface area contributed by atoms with Crippen molar-refractivity contribution in [2.75, 3.05) is 12.3 Å². The molecule has 0 aliphatic carbocycles. The van der Waals surface area contributed by atoms with Gasteiger partial charge in [-0.15, -0.1) is 11.8 Å². The first kappa shape index (κ1) is 17.3. The Balaban J connectivity index is 2.58. The molecule has 1 amide bonds. The predicted molar refractivity (Wildman–Crippen MR) is 81.7 cm³/mol. The van der Waals surface area contributed by atoms with Gasteiger partial charge in [0.25, 0.3) is 0 Å². The van der Waals surface area contributed by atoms with Gasteiger partial charge in [-0.3, -0.25) is 4.79 Å². The topological polar surface area (TPSA) is 69.6 Å². The molecule has 0 aromatic rings. The number of carbonyl (C=O) groups excluding carboxylic acids is 1. The molecule has 20 heavy (non-hydrogen) atoms. The minimum atomic E-state index is -0.894. The van der Waals surface area contributed by atoms with E-state index in [-0.39, 0.29) is 17.2 Å². The van der Waals surface area contributed by atoms with E-state index in [1.807, 2.05) is 13.8 Å². The van der Waals surface area contributed by atoms with Crippen molar-refractivity contribution >= 4 is 23.6 Å². The first-order valence-corrected chi connectivity index (χ1v) is 8.28. The lowest BCUT2D eigenvalue weighted by Gasteiger charge is -2.29. The van der Waals surface area contributed by atoms with Crippen molar-refractivity contribution in [1.82, 2.24) is 10.2 Å². The lowest BCUT2D eigenvalue weighted by atomic mass is 10.1. The van der Waals surface area contributed by atoms with Gasteiger partial charge in [-0.1, -0.05) is 27.7 Å². The number of hydrogen-bond acceptors (Lipinski definition) is 4. The van der Waals surface area contributed by atoms with Gasteiger partial charge in [-0.25, -0.2) is 4.79 Å². The third-order valence-electron chi connectivity index (χ3n) is 3.30. The molecule has 116 valence electrons. The van der Waals surface area contributed by atoms with Gasteiger partial charge < -0.3 is 15.3 Å². The van der Waals surface area contributed by atoms with Gasteiger partial charge in [0.05, 0.1) is 5.37 Å². The van der Waals surface area contributed by atoms with Crippen LogP contribution in [0.4, 0.5) is 0 Å². The molecule has 2 atom stereocenters. The number of carboxylic acid groups (broad SMARTS) is 1. The van der Waals surface area contributed by atoms with Gasteiger partial charge in [0.15, 0.2) is 0 Å². The van der Waals surface area contributed by atoms with E-state index >= 15 is 0 Å². The van der Waals surface area contributed by atoms with Crippen LogP contribution < -0.4 is 5.32 Å². The first-order valence-electron chi connectivity index (χ1n) is 7.23. The number of carboxylic acids is 1. The number of nitrogens with zero attached hydrogens (tertiary/aromatic N) is 1. The Morgan fingerprint density at radius 3 is 2.50 bits per heavy atom. The fraction of sp³-hybridized carbons (Fsp3) is 0.857. The highest BCUT2D eigenvalue weighted by Gasteiger charge is 2.42. The molecular weight excluding hydrogens is 276 g/mol. The van der Waals surface area contributed by atoms with Crippen LogP contribution in [0.25, 0.3) is 0 Å². The lowest BCUT2D eigenvalue weighted by molar-refractivity contribution is -0.149. The van der Waals surface area contributed by atoms with Gasteiger partial charge in [0, 0.05) is 18.2 Å². The maximum Gasteiger partial charge on any atom is 0.327 e. The second-order valence-electron chi connectivity index (χ2n) is 5.84. The standard InChI is InChI=1S/C14H26N2O3S/c1-9(2)13-16(11(8-20-13)14(18)19)12(17)6-5-7-15-10(3)4/h9-11,13,15H,5-8H2,1-4H3,(H,18,19). The Morgan fingerprint density at radius 1 is 1.35 bits per heavy atom. The van der Waals surface area contributed by atoms with Gasteiger partial charge in [0.2, 0.25) is 5.91 Å². The Kier molecular flexibility index (Phi) is 6.82. The molecule has 1 heterocycles.